The molecule has 15 aromatic rings. The normalized spacial score (nSPS) is 14.4. The van der Waals surface area contributed by atoms with Crippen LogP contribution in [-0.2, 0) is 10.8 Å². The highest BCUT2D eigenvalue weighted by molar-refractivity contribution is 7.00. The second-order valence-electron chi connectivity index (χ2n) is 26.9. The average Bonchev–Trinajstić information content (AvgIpc) is 0.930. The molecule has 0 aliphatic carbocycles. The monoisotopic (exact) mass is 1200 g/mol. The van der Waals surface area contributed by atoms with Gasteiger partial charge in [-0.25, -0.2) is 0 Å². The molecule has 0 bridgehead atoms. The minimum Gasteiger partial charge on any atom is -0.310 e. The molecule has 0 saturated heterocycles. The lowest BCUT2D eigenvalue weighted by atomic mass is 9.33. The van der Waals surface area contributed by atoms with Crippen LogP contribution in [0.3, 0.4) is 0 Å². The quantitative estimate of drug-likeness (QED) is 0.149. The zero-order valence-electron chi connectivity index (χ0n) is 61.8. The van der Waals surface area contributed by atoms with Gasteiger partial charge in [-0.2, -0.15) is 10.5 Å². The Morgan fingerprint density at radius 3 is 1.25 bits per heavy atom. The largest absolute Gasteiger partial charge is 0.310 e. The SMILES string of the molecule is [2H]c1c([2H])c([2H])c2c(c1[2H])c1c([2H])c([2H])c([2H])c([2H])c1n2-c1ccc2c(c1)N(c1cccc(-n3c4ccccc4c4ccccc43)c1C#N)c1cc(C([2H])(C)C)cc3c1B2c1ccc(-c2cc(C(C)(C)C)cc(C(C)(C)C)c2)cc1N3c1cccc(-n2c3ccccc3c3ccccc32)c1C#N. The van der Waals surface area contributed by atoms with Gasteiger partial charge in [0.15, 0.2) is 0 Å². The van der Waals surface area contributed by atoms with Gasteiger partial charge in [0.1, 0.15) is 23.3 Å². The van der Waals surface area contributed by atoms with Gasteiger partial charge < -0.3 is 23.5 Å². The van der Waals surface area contributed by atoms with E-state index in [0.717, 1.165) is 76.8 Å². The predicted molar refractivity (Wildman–Crippen MR) is 390 cm³/mol. The summed E-state index contributed by atoms with van der Waals surface area (Å²) in [5.41, 5.74) is 16.4. The number of para-hydroxylation sites is 6. The van der Waals surface area contributed by atoms with E-state index in [9.17, 15) is 17.4 Å². The molecule has 2 aliphatic rings. The van der Waals surface area contributed by atoms with Gasteiger partial charge in [-0.15, -0.1) is 0 Å². The lowest BCUT2D eigenvalue weighted by molar-refractivity contribution is 0.569. The molecule has 93 heavy (non-hydrogen) atoms. The fourth-order valence-electron chi connectivity index (χ4n) is 14.8. The number of fused-ring (bicyclic) bond motifs is 13. The second kappa shape index (κ2) is 20.6. The Balaban J connectivity index is 1.03. The summed E-state index contributed by atoms with van der Waals surface area (Å²) in [6, 6.07) is 69.5. The van der Waals surface area contributed by atoms with Gasteiger partial charge in [-0.1, -0.05) is 213 Å². The minimum absolute atomic E-state index is 0.0370. The fraction of sp³-hybridized carbons (Fsp3) is 0.129. The molecule has 444 valence electrons. The molecule has 12 aromatic carbocycles. The van der Waals surface area contributed by atoms with E-state index in [-0.39, 0.29) is 32.6 Å². The first kappa shape index (κ1) is 46.7. The van der Waals surface area contributed by atoms with E-state index in [1.807, 2.05) is 123 Å². The maximum atomic E-state index is 12.2. The molecule has 8 heteroatoms. The van der Waals surface area contributed by atoms with Gasteiger partial charge >= 0.3 is 0 Å². The number of hydrogen-bond donors (Lipinski definition) is 0. The Kier molecular flexibility index (Phi) is 10.4. The Labute approximate surface area is 555 Å². The van der Waals surface area contributed by atoms with Crippen molar-refractivity contribution in [2.45, 2.75) is 72.1 Å². The van der Waals surface area contributed by atoms with Crippen molar-refractivity contribution in [2.24, 2.45) is 0 Å². The molecule has 7 nitrogen and oxygen atoms in total. The zero-order valence-corrected chi connectivity index (χ0v) is 52.8. The van der Waals surface area contributed by atoms with E-state index in [1.165, 1.54) is 15.7 Å². The first-order chi connectivity index (χ1) is 48.8. The summed E-state index contributed by atoms with van der Waals surface area (Å²) in [6.45, 7) is 16.5. The third kappa shape index (κ3) is 8.34. The number of rotatable bonds is 7. The summed E-state index contributed by atoms with van der Waals surface area (Å²) in [5, 5.41) is 28.4. The van der Waals surface area contributed by atoms with E-state index < -0.39 is 60.9 Å². The third-order valence-electron chi connectivity index (χ3n) is 19.3. The molecule has 0 N–H and O–H groups in total. The van der Waals surface area contributed by atoms with Crippen LogP contribution >= 0.6 is 0 Å². The first-order valence-electron chi connectivity index (χ1n) is 36.1. The van der Waals surface area contributed by atoms with Crippen LogP contribution in [0.5, 0.6) is 0 Å². The molecule has 0 amide bonds. The van der Waals surface area contributed by atoms with Crippen molar-refractivity contribution in [3.63, 3.8) is 0 Å². The Bertz CT molecular complexity index is 6110. The van der Waals surface area contributed by atoms with Crippen LogP contribution in [-0.4, -0.2) is 20.4 Å². The van der Waals surface area contributed by atoms with Crippen molar-refractivity contribution in [3.05, 3.63) is 276 Å². The molecule has 0 radical (unpaired) electrons. The van der Waals surface area contributed by atoms with Crippen molar-refractivity contribution in [1.82, 2.24) is 13.7 Å². The number of aromatic nitrogens is 3. The second-order valence-corrected chi connectivity index (χ2v) is 26.9. The molecule has 0 unspecified atom stereocenters. The third-order valence-corrected chi connectivity index (χ3v) is 19.3. The number of nitriles is 2. The van der Waals surface area contributed by atoms with Gasteiger partial charge in [0, 0.05) is 62.1 Å². The van der Waals surface area contributed by atoms with Gasteiger partial charge in [-0.05, 0) is 152 Å². The minimum atomic E-state index is -1.29. The highest BCUT2D eigenvalue weighted by Crippen LogP contribution is 2.50. The summed E-state index contributed by atoms with van der Waals surface area (Å²) in [5.74, 6) is -1.29. The van der Waals surface area contributed by atoms with Crippen molar-refractivity contribution in [1.29, 1.82) is 10.5 Å². The number of hydrogen-bond acceptors (Lipinski definition) is 4. The molecule has 3 aromatic heterocycles. The molecule has 2 aliphatic heterocycles. The van der Waals surface area contributed by atoms with E-state index in [4.69, 9.17) is 5.48 Å². The molecule has 0 fully saturated rings. The summed E-state index contributed by atoms with van der Waals surface area (Å²) in [7, 11) is 0. The van der Waals surface area contributed by atoms with Gasteiger partial charge in [0.2, 0.25) is 0 Å². The van der Waals surface area contributed by atoms with Crippen LogP contribution in [0, 0.1) is 22.7 Å². The molecule has 0 atom stereocenters. The topological polar surface area (TPSA) is 68.8 Å². The number of anilines is 6. The highest BCUT2D eigenvalue weighted by atomic mass is 15.2. The standard InChI is InChI=1S/C85H66BN7/c1-52(2)54-46-81-83-82(47-54)93(78-38-22-36-76(66(78)51-88)91-73-33-19-13-27-63(73)64-28-14-20-34-74(64)91)80-49-58(89-69-29-15-9-23-59(69)60-24-10-16-30-70(60)89)40-42-68(80)86(83)67-41-39-53(55-43-56(84(3,4)5)48-57(44-55)85(6,7)8)45-79(67)92(81)77-37-21-35-75(65(77)50-87)90-71-31-17-11-25-61(71)62-26-12-18-32-72(62)90/h9-49,52H,1-8H3/i9D,10D,15D,16D,23D,24D,29D,30D,52D. The van der Waals surface area contributed by atoms with E-state index in [1.54, 1.807) is 0 Å². The lowest BCUT2D eigenvalue weighted by Gasteiger charge is -2.45. The Morgan fingerprint density at radius 2 is 0.806 bits per heavy atom. The number of nitrogens with zero attached hydrogens (tertiary/aromatic N) is 7. The van der Waals surface area contributed by atoms with Crippen molar-refractivity contribution >= 4 is 123 Å². The van der Waals surface area contributed by atoms with Crippen LogP contribution in [0.25, 0.3) is 93.6 Å². The number of benzene rings is 12. The van der Waals surface area contributed by atoms with E-state index in [2.05, 4.69) is 164 Å². The van der Waals surface area contributed by atoms with Crippen LogP contribution in [0.1, 0.15) is 101 Å². The van der Waals surface area contributed by atoms with Crippen molar-refractivity contribution < 1.29 is 12.3 Å². The molecule has 0 saturated carbocycles. The molecule has 5 heterocycles. The smallest absolute Gasteiger partial charge is 0.252 e. The van der Waals surface area contributed by atoms with E-state index in [0.29, 0.717) is 62.2 Å². The van der Waals surface area contributed by atoms with Gasteiger partial charge in [0.25, 0.3) is 6.71 Å². The molecular weight excluding hydrogens is 1130 g/mol. The van der Waals surface area contributed by atoms with Crippen LogP contribution in [0.15, 0.2) is 249 Å². The zero-order chi connectivity index (χ0) is 71.2. The summed E-state index contributed by atoms with van der Waals surface area (Å²) >= 11 is 0. The average molecular weight is 1210 g/mol. The molecular formula is C85H66BN7. The Hall–Kier alpha value is -11.3. The van der Waals surface area contributed by atoms with Crippen molar-refractivity contribution in [2.75, 3.05) is 9.80 Å². The molecule has 0 spiro atoms. The Morgan fingerprint density at radius 1 is 0.387 bits per heavy atom. The van der Waals surface area contributed by atoms with E-state index >= 15 is 0 Å². The maximum Gasteiger partial charge on any atom is 0.252 e. The van der Waals surface area contributed by atoms with Gasteiger partial charge in [-0.3, -0.25) is 0 Å². The van der Waals surface area contributed by atoms with Crippen LogP contribution < -0.4 is 26.2 Å². The first-order valence-corrected chi connectivity index (χ1v) is 31.6. The summed E-state index contributed by atoms with van der Waals surface area (Å²) in [6.07, 6.45) is 0. The van der Waals surface area contributed by atoms with Crippen molar-refractivity contribution in [3.8, 4) is 40.3 Å². The summed E-state index contributed by atoms with van der Waals surface area (Å²) < 4.78 is 90.3. The summed E-state index contributed by atoms with van der Waals surface area (Å²) in [4.78, 5) is 4.29. The predicted octanol–water partition coefficient (Wildman–Crippen LogP) is 20.2. The fourth-order valence-corrected chi connectivity index (χ4v) is 14.8. The van der Waals surface area contributed by atoms with Crippen LogP contribution in [0.2, 0.25) is 0 Å². The van der Waals surface area contributed by atoms with Gasteiger partial charge in [0.05, 0.1) is 66.8 Å². The molecule has 17 rings (SSSR count). The maximum absolute atomic E-state index is 12.2. The lowest BCUT2D eigenvalue weighted by Crippen LogP contribution is -2.61. The van der Waals surface area contributed by atoms with Crippen LogP contribution in [0.4, 0.5) is 34.1 Å². The highest BCUT2D eigenvalue weighted by Gasteiger charge is 2.45.